The maximum Gasteiger partial charge on any atom is 0.322 e. The minimum absolute atomic E-state index is 0.0333. The Morgan fingerprint density at radius 2 is 2.29 bits per heavy atom. The van der Waals surface area contributed by atoms with Gasteiger partial charge in [-0.3, -0.25) is 0 Å². The number of carbonyl (C=O) groups excluding carboxylic acids is 1. The number of hydrogen-bond donors (Lipinski definition) is 1. The lowest BCUT2D eigenvalue weighted by Gasteiger charge is -2.23. The molecule has 2 amide bonds. The van der Waals surface area contributed by atoms with Crippen molar-refractivity contribution < 1.29 is 14.1 Å². The molecule has 0 spiro atoms. The Morgan fingerprint density at radius 3 is 3.08 bits per heavy atom. The van der Waals surface area contributed by atoms with Gasteiger partial charge in [0.05, 0.1) is 18.8 Å². The first-order valence-electron chi connectivity index (χ1n) is 8.39. The predicted octanol–water partition coefficient (Wildman–Crippen LogP) is 4.00. The number of nitrogens with one attached hydrogen (secondary N) is 1. The number of aryl methyl sites for hydroxylation is 1. The third-order valence-electron chi connectivity index (χ3n) is 4.28. The summed E-state index contributed by atoms with van der Waals surface area (Å²) in [5, 5.41) is 7.11. The first-order chi connectivity index (χ1) is 11.7. The predicted molar refractivity (Wildman–Crippen MR) is 91.2 cm³/mol. The van der Waals surface area contributed by atoms with Gasteiger partial charge < -0.3 is 19.5 Å². The maximum absolute atomic E-state index is 12.7. The van der Waals surface area contributed by atoms with E-state index in [4.69, 9.17) is 9.26 Å². The molecule has 6 heteroatoms. The van der Waals surface area contributed by atoms with E-state index >= 15 is 0 Å². The molecule has 1 fully saturated rings. The first-order valence-corrected chi connectivity index (χ1v) is 8.39. The van der Waals surface area contributed by atoms with Gasteiger partial charge in [-0.2, -0.15) is 0 Å². The summed E-state index contributed by atoms with van der Waals surface area (Å²) in [5.41, 5.74) is 1.51. The Bertz CT molecular complexity index is 698. The van der Waals surface area contributed by atoms with Crippen LogP contribution in [0.5, 0.6) is 5.75 Å². The van der Waals surface area contributed by atoms with Crippen LogP contribution in [0.3, 0.4) is 0 Å². The van der Waals surface area contributed by atoms with E-state index in [9.17, 15) is 4.79 Å². The van der Waals surface area contributed by atoms with E-state index in [1.807, 2.05) is 35.2 Å². The van der Waals surface area contributed by atoms with E-state index in [1.165, 1.54) is 0 Å². The molecule has 1 saturated heterocycles. The van der Waals surface area contributed by atoms with Crippen molar-refractivity contribution >= 4 is 11.7 Å². The number of benzene rings is 1. The molecule has 0 saturated carbocycles. The molecule has 1 N–H and O–H groups in total. The van der Waals surface area contributed by atoms with Crippen molar-refractivity contribution in [3.63, 3.8) is 0 Å². The lowest BCUT2D eigenvalue weighted by Crippen LogP contribution is -2.34. The number of carbonyl (C=O) groups is 1. The van der Waals surface area contributed by atoms with E-state index in [0.29, 0.717) is 18.0 Å². The van der Waals surface area contributed by atoms with E-state index in [0.717, 1.165) is 37.1 Å². The van der Waals surface area contributed by atoms with E-state index in [2.05, 4.69) is 17.4 Å². The third-order valence-corrected chi connectivity index (χ3v) is 4.28. The molecule has 1 unspecified atom stereocenters. The number of anilines is 1. The highest BCUT2D eigenvalue weighted by Crippen LogP contribution is 2.33. The number of rotatable bonds is 5. The zero-order chi connectivity index (χ0) is 16.9. The average molecular weight is 329 g/mol. The van der Waals surface area contributed by atoms with E-state index in [-0.39, 0.29) is 12.1 Å². The van der Waals surface area contributed by atoms with Crippen LogP contribution in [0.1, 0.15) is 43.7 Å². The Labute approximate surface area is 141 Å². The molecule has 1 aliphatic rings. The molecule has 0 bridgehead atoms. The van der Waals surface area contributed by atoms with Crippen molar-refractivity contribution in [3.05, 3.63) is 41.8 Å². The van der Waals surface area contributed by atoms with Crippen LogP contribution in [0.4, 0.5) is 10.5 Å². The average Bonchev–Trinajstić information content (AvgIpc) is 3.24. The molecular formula is C18H23N3O3. The van der Waals surface area contributed by atoms with Crippen LogP contribution in [0.25, 0.3) is 0 Å². The molecule has 6 nitrogen and oxygen atoms in total. The topological polar surface area (TPSA) is 67.6 Å². The van der Waals surface area contributed by atoms with Crippen molar-refractivity contribution in [1.29, 1.82) is 0 Å². The van der Waals surface area contributed by atoms with Gasteiger partial charge in [0.2, 0.25) is 0 Å². The standard InChI is InChI=1S/C18H23N3O3/c1-3-7-13-12-15(20-24-13)16-9-6-11-21(16)18(22)19-14-8-4-5-10-17(14)23-2/h4-5,8,10,12,16H,3,6-7,9,11H2,1-2H3,(H,19,22). The van der Waals surface area contributed by atoms with Gasteiger partial charge in [-0.25, -0.2) is 4.79 Å². The fourth-order valence-electron chi connectivity index (χ4n) is 3.10. The van der Waals surface area contributed by atoms with Gasteiger partial charge in [0.15, 0.2) is 0 Å². The quantitative estimate of drug-likeness (QED) is 0.900. The van der Waals surface area contributed by atoms with Gasteiger partial charge in [-0.1, -0.05) is 24.2 Å². The Morgan fingerprint density at radius 1 is 1.46 bits per heavy atom. The minimum atomic E-state index is -0.137. The number of para-hydroxylation sites is 2. The number of aromatic nitrogens is 1. The smallest absolute Gasteiger partial charge is 0.322 e. The largest absolute Gasteiger partial charge is 0.495 e. The summed E-state index contributed by atoms with van der Waals surface area (Å²) in [6, 6.07) is 9.20. The Kier molecular flexibility index (Phi) is 5.03. The number of methoxy groups -OCH3 is 1. The molecule has 128 valence electrons. The van der Waals surface area contributed by atoms with Crippen LogP contribution < -0.4 is 10.1 Å². The van der Waals surface area contributed by atoms with Gasteiger partial charge in [0.25, 0.3) is 0 Å². The lowest BCUT2D eigenvalue weighted by molar-refractivity contribution is 0.204. The van der Waals surface area contributed by atoms with Gasteiger partial charge in [0.1, 0.15) is 17.2 Å². The summed E-state index contributed by atoms with van der Waals surface area (Å²) in [7, 11) is 1.59. The molecule has 1 aromatic heterocycles. The zero-order valence-electron chi connectivity index (χ0n) is 14.1. The normalized spacial score (nSPS) is 17.1. The summed E-state index contributed by atoms with van der Waals surface area (Å²) < 4.78 is 10.7. The second kappa shape index (κ2) is 7.38. The zero-order valence-corrected chi connectivity index (χ0v) is 14.1. The number of amides is 2. The van der Waals surface area contributed by atoms with Crippen molar-refractivity contribution in [1.82, 2.24) is 10.1 Å². The first kappa shape index (κ1) is 16.4. The number of ether oxygens (including phenoxy) is 1. The van der Waals surface area contributed by atoms with Crippen LogP contribution >= 0.6 is 0 Å². The molecule has 3 rings (SSSR count). The monoisotopic (exact) mass is 329 g/mol. The van der Waals surface area contributed by atoms with Crippen LogP contribution in [0.2, 0.25) is 0 Å². The van der Waals surface area contributed by atoms with Crippen LogP contribution in [-0.4, -0.2) is 29.7 Å². The fourth-order valence-corrected chi connectivity index (χ4v) is 3.10. The summed E-state index contributed by atoms with van der Waals surface area (Å²) in [6.07, 6.45) is 3.74. The fraction of sp³-hybridized carbons (Fsp3) is 0.444. The number of nitrogens with zero attached hydrogens (tertiary/aromatic N) is 2. The summed E-state index contributed by atoms with van der Waals surface area (Å²) in [5.74, 6) is 1.53. The van der Waals surface area contributed by atoms with Crippen LogP contribution in [0.15, 0.2) is 34.9 Å². The number of hydrogen-bond acceptors (Lipinski definition) is 4. The number of likely N-dealkylation sites (tertiary alicyclic amines) is 1. The highest BCUT2D eigenvalue weighted by atomic mass is 16.5. The van der Waals surface area contributed by atoms with Gasteiger partial charge >= 0.3 is 6.03 Å². The van der Waals surface area contributed by atoms with Crippen LogP contribution in [0, 0.1) is 0 Å². The second-order valence-corrected chi connectivity index (χ2v) is 5.95. The van der Waals surface area contributed by atoms with Crippen molar-refractivity contribution in [2.24, 2.45) is 0 Å². The van der Waals surface area contributed by atoms with Crippen molar-refractivity contribution in [2.45, 2.75) is 38.6 Å². The molecule has 24 heavy (non-hydrogen) atoms. The van der Waals surface area contributed by atoms with Crippen molar-refractivity contribution in [3.8, 4) is 5.75 Å². The van der Waals surface area contributed by atoms with Crippen LogP contribution in [-0.2, 0) is 6.42 Å². The molecule has 1 atom stereocenters. The van der Waals surface area contributed by atoms with Crippen molar-refractivity contribution in [2.75, 3.05) is 19.0 Å². The molecular weight excluding hydrogens is 306 g/mol. The molecule has 1 aliphatic heterocycles. The van der Waals surface area contributed by atoms with Gasteiger partial charge in [-0.05, 0) is 31.4 Å². The Hall–Kier alpha value is -2.50. The molecule has 0 aliphatic carbocycles. The molecule has 2 aromatic rings. The van der Waals surface area contributed by atoms with E-state index < -0.39 is 0 Å². The lowest BCUT2D eigenvalue weighted by atomic mass is 10.1. The van der Waals surface area contributed by atoms with Gasteiger partial charge in [-0.15, -0.1) is 0 Å². The minimum Gasteiger partial charge on any atom is -0.495 e. The summed E-state index contributed by atoms with van der Waals surface area (Å²) >= 11 is 0. The molecule has 0 radical (unpaired) electrons. The van der Waals surface area contributed by atoms with Gasteiger partial charge in [0, 0.05) is 19.0 Å². The molecule has 2 heterocycles. The summed E-state index contributed by atoms with van der Waals surface area (Å²) in [4.78, 5) is 14.5. The maximum atomic E-state index is 12.7. The Balaban J connectivity index is 1.73. The molecule has 1 aromatic carbocycles. The second-order valence-electron chi connectivity index (χ2n) is 5.95. The number of urea groups is 1. The van der Waals surface area contributed by atoms with E-state index in [1.54, 1.807) is 7.11 Å². The summed E-state index contributed by atoms with van der Waals surface area (Å²) in [6.45, 7) is 2.81. The highest BCUT2D eigenvalue weighted by molar-refractivity contribution is 5.91. The third kappa shape index (κ3) is 3.37. The SMILES string of the molecule is CCCc1cc(C2CCCN2C(=O)Nc2ccccc2OC)no1. The highest BCUT2D eigenvalue weighted by Gasteiger charge is 2.32.